The molecule has 6 heteroatoms. The van der Waals surface area contributed by atoms with Crippen molar-refractivity contribution in [2.45, 2.75) is 6.54 Å². The number of benzene rings is 2. The van der Waals surface area contributed by atoms with Crippen molar-refractivity contribution in [1.82, 2.24) is 15.0 Å². The van der Waals surface area contributed by atoms with Crippen LogP contribution < -0.4 is 9.80 Å². The first-order valence-electron chi connectivity index (χ1n) is 10.6. The van der Waals surface area contributed by atoms with Crippen molar-refractivity contribution in [1.29, 1.82) is 0 Å². The van der Waals surface area contributed by atoms with Gasteiger partial charge in [0.2, 0.25) is 0 Å². The van der Waals surface area contributed by atoms with Gasteiger partial charge < -0.3 is 14.5 Å². The van der Waals surface area contributed by atoms with E-state index in [1.165, 1.54) is 11.3 Å². The molecule has 0 radical (unpaired) electrons. The Morgan fingerprint density at radius 2 is 1.74 bits per heavy atom. The molecule has 5 rings (SSSR count). The Hall–Kier alpha value is -3.51. The molecule has 31 heavy (non-hydrogen) atoms. The molecule has 1 aliphatic heterocycles. The lowest BCUT2D eigenvalue weighted by atomic mass is 10.1. The first-order valence-corrected chi connectivity index (χ1v) is 10.6. The molecule has 1 saturated heterocycles. The van der Waals surface area contributed by atoms with E-state index >= 15 is 0 Å². The molecule has 0 N–H and O–H groups in total. The van der Waals surface area contributed by atoms with E-state index < -0.39 is 0 Å². The van der Waals surface area contributed by atoms with Crippen LogP contribution in [0.15, 0.2) is 73.1 Å². The Bertz CT molecular complexity index is 1170. The molecule has 0 atom stereocenters. The predicted molar refractivity (Wildman–Crippen MR) is 124 cm³/mol. The zero-order valence-electron chi connectivity index (χ0n) is 17.6. The number of anilines is 2. The van der Waals surface area contributed by atoms with E-state index in [1.807, 2.05) is 36.5 Å². The van der Waals surface area contributed by atoms with Gasteiger partial charge in [0, 0.05) is 55.7 Å². The number of fused-ring (bicyclic) bond motifs is 1. The van der Waals surface area contributed by atoms with Crippen LogP contribution in [0.2, 0.25) is 0 Å². The topological polar surface area (TPSA) is 54.4 Å². The molecular weight excluding hydrogens is 386 g/mol. The van der Waals surface area contributed by atoms with E-state index in [4.69, 9.17) is 14.7 Å². The van der Waals surface area contributed by atoms with E-state index in [2.05, 4.69) is 52.2 Å². The van der Waals surface area contributed by atoms with Gasteiger partial charge in [-0.05, 0) is 35.9 Å². The van der Waals surface area contributed by atoms with Gasteiger partial charge >= 0.3 is 0 Å². The summed E-state index contributed by atoms with van der Waals surface area (Å²) in [5.74, 6) is 1.61. The van der Waals surface area contributed by atoms with Crippen molar-refractivity contribution in [2.75, 3.05) is 43.2 Å². The molecule has 2 aromatic heterocycles. The maximum absolute atomic E-state index is 5.54. The van der Waals surface area contributed by atoms with Gasteiger partial charge in [0.1, 0.15) is 5.82 Å². The number of aromatic nitrogens is 3. The Morgan fingerprint density at radius 3 is 2.58 bits per heavy atom. The first-order chi connectivity index (χ1) is 15.3. The molecule has 1 fully saturated rings. The summed E-state index contributed by atoms with van der Waals surface area (Å²) in [6.45, 7) is 4.13. The van der Waals surface area contributed by atoms with Crippen molar-refractivity contribution < 1.29 is 4.74 Å². The molecule has 2 aromatic carbocycles. The monoisotopic (exact) mass is 411 g/mol. The highest BCUT2D eigenvalue weighted by Gasteiger charge is 2.18. The minimum atomic E-state index is 0.690. The van der Waals surface area contributed by atoms with Gasteiger partial charge in [-0.3, -0.25) is 4.98 Å². The average molecular weight is 412 g/mol. The molecule has 0 bridgehead atoms. The Balaban J connectivity index is 1.53. The van der Waals surface area contributed by atoms with E-state index in [1.54, 1.807) is 6.20 Å². The van der Waals surface area contributed by atoms with Crippen LogP contribution in [-0.4, -0.2) is 48.3 Å². The number of rotatable bonds is 5. The van der Waals surface area contributed by atoms with Crippen molar-refractivity contribution in [3.05, 3.63) is 78.6 Å². The highest BCUT2D eigenvalue weighted by atomic mass is 16.5. The Morgan fingerprint density at radius 1 is 0.935 bits per heavy atom. The van der Waals surface area contributed by atoms with E-state index in [9.17, 15) is 0 Å². The normalized spacial score (nSPS) is 14.0. The summed E-state index contributed by atoms with van der Waals surface area (Å²) >= 11 is 0. The Labute approximate surface area is 182 Å². The maximum Gasteiger partial charge on any atom is 0.163 e. The second kappa shape index (κ2) is 8.70. The SMILES string of the molecule is CN(Cc1ccccc1N1CCOCC1)c1nc(-c2cccnc2)nc2ccccc12. The maximum atomic E-state index is 5.54. The highest BCUT2D eigenvalue weighted by Crippen LogP contribution is 2.29. The number of ether oxygens (including phenoxy) is 1. The molecule has 1 aliphatic rings. The van der Waals surface area contributed by atoms with Crippen LogP contribution in [0.1, 0.15) is 5.56 Å². The van der Waals surface area contributed by atoms with Gasteiger partial charge in [-0.2, -0.15) is 0 Å². The molecule has 3 heterocycles. The number of pyridine rings is 1. The molecule has 0 aliphatic carbocycles. The van der Waals surface area contributed by atoms with Gasteiger partial charge in [0.25, 0.3) is 0 Å². The Kier molecular flexibility index (Phi) is 5.46. The van der Waals surface area contributed by atoms with E-state index in [-0.39, 0.29) is 0 Å². The fourth-order valence-electron chi connectivity index (χ4n) is 4.06. The molecule has 6 nitrogen and oxygen atoms in total. The highest BCUT2D eigenvalue weighted by molar-refractivity contribution is 5.91. The lowest BCUT2D eigenvalue weighted by Gasteiger charge is -2.31. The average Bonchev–Trinajstić information content (AvgIpc) is 2.85. The number of nitrogens with zero attached hydrogens (tertiary/aromatic N) is 5. The zero-order chi connectivity index (χ0) is 21.0. The van der Waals surface area contributed by atoms with Crippen LogP contribution >= 0.6 is 0 Å². The third-order valence-electron chi connectivity index (χ3n) is 5.62. The molecule has 0 spiro atoms. The fourth-order valence-corrected chi connectivity index (χ4v) is 4.06. The van der Waals surface area contributed by atoms with Crippen molar-refractivity contribution in [3.63, 3.8) is 0 Å². The minimum Gasteiger partial charge on any atom is -0.378 e. The second-order valence-electron chi connectivity index (χ2n) is 7.71. The van der Waals surface area contributed by atoms with E-state index in [0.717, 1.165) is 55.1 Å². The summed E-state index contributed by atoms with van der Waals surface area (Å²) in [5.41, 5.74) is 4.39. The van der Waals surface area contributed by atoms with Gasteiger partial charge in [-0.15, -0.1) is 0 Å². The molecule has 156 valence electrons. The summed E-state index contributed by atoms with van der Waals surface area (Å²) in [4.78, 5) is 18.6. The third-order valence-corrected chi connectivity index (χ3v) is 5.62. The van der Waals surface area contributed by atoms with Gasteiger partial charge in [-0.25, -0.2) is 9.97 Å². The van der Waals surface area contributed by atoms with Gasteiger partial charge in [-0.1, -0.05) is 30.3 Å². The van der Waals surface area contributed by atoms with Crippen LogP contribution in [-0.2, 0) is 11.3 Å². The molecule has 4 aromatic rings. The first kappa shape index (κ1) is 19.5. The fraction of sp³-hybridized carbons (Fsp3) is 0.240. The van der Waals surface area contributed by atoms with Crippen LogP contribution in [0.25, 0.3) is 22.3 Å². The lowest BCUT2D eigenvalue weighted by Crippen LogP contribution is -2.37. The number of para-hydroxylation sites is 2. The third kappa shape index (κ3) is 4.07. The largest absolute Gasteiger partial charge is 0.378 e. The second-order valence-corrected chi connectivity index (χ2v) is 7.71. The number of hydrogen-bond donors (Lipinski definition) is 0. The quantitative estimate of drug-likeness (QED) is 0.491. The molecule has 0 amide bonds. The van der Waals surface area contributed by atoms with Crippen LogP contribution in [0, 0.1) is 0 Å². The van der Waals surface area contributed by atoms with Crippen molar-refractivity contribution in [3.8, 4) is 11.4 Å². The molecular formula is C25H25N5O. The summed E-state index contributed by atoms with van der Waals surface area (Å²) in [6, 6.07) is 20.7. The van der Waals surface area contributed by atoms with E-state index in [0.29, 0.717) is 5.82 Å². The van der Waals surface area contributed by atoms with Crippen molar-refractivity contribution in [2.24, 2.45) is 0 Å². The zero-order valence-corrected chi connectivity index (χ0v) is 17.6. The summed E-state index contributed by atoms with van der Waals surface area (Å²) in [6.07, 6.45) is 3.57. The van der Waals surface area contributed by atoms with Gasteiger partial charge in [0.15, 0.2) is 5.82 Å². The minimum absolute atomic E-state index is 0.690. The predicted octanol–water partition coefficient (Wildman–Crippen LogP) is 4.16. The summed E-state index contributed by atoms with van der Waals surface area (Å²) in [7, 11) is 2.10. The summed E-state index contributed by atoms with van der Waals surface area (Å²) in [5, 5.41) is 1.04. The van der Waals surface area contributed by atoms with Crippen LogP contribution in [0.4, 0.5) is 11.5 Å². The van der Waals surface area contributed by atoms with Crippen molar-refractivity contribution >= 4 is 22.4 Å². The van der Waals surface area contributed by atoms with Crippen LogP contribution in [0.3, 0.4) is 0 Å². The summed E-state index contributed by atoms with van der Waals surface area (Å²) < 4.78 is 5.54. The van der Waals surface area contributed by atoms with Gasteiger partial charge in [0.05, 0.1) is 18.7 Å². The number of morpholine rings is 1. The lowest BCUT2D eigenvalue weighted by molar-refractivity contribution is 0.122. The standard InChI is InChI=1S/C25H25N5O/c1-29(18-20-7-2-5-11-23(20)30-13-15-31-16-14-30)25-21-9-3-4-10-22(21)27-24(28-25)19-8-6-12-26-17-19/h2-12,17H,13-16,18H2,1H3. The number of hydrogen-bond acceptors (Lipinski definition) is 6. The molecule has 0 saturated carbocycles. The molecule has 0 unspecified atom stereocenters. The smallest absolute Gasteiger partial charge is 0.163 e. The van der Waals surface area contributed by atoms with Crippen LogP contribution in [0.5, 0.6) is 0 Å².